The van der Waals surface area contributed by atoms with Crippen LogP contribution in [0.2, 0.25) is 5.02 Å². The van der Waals surface area contributed by atoms with Crippen LogP contribution in [0.5, 0.6) is 0 Å². The Morgan fingerprint density at radius 1 is 1.19 bits per heavy atom. The van der Waals surface area contributed by atoms with E-state index in [1.165, 1.54) is 24.3 Å². The van der Waals surface area contributed by atoms with Crippen LogP contribution in [-0.2, 0) is 0 Å². The van der Waals surface area contributed by atoms with E-state index >= 15 is 0 Å². The summed E-state index contributed by atoms with van der Waals surface area (Å²) in [6, 6.07) is 10.0. The molecule has 0 aliphatic rings. The maximum absolute atomic E-state index is 13.9. The van der Waals surface area contributed by atoms with Gasteiger partial charge in [-0.1, -0.05) is 16.8 Å². The predicted octanol–water partition coefficient (Wildman–Crippen LogP) is 2.83. The monoisotopic (exact) mass is 307 g/mol. The second-order valence-corrected chi connectivity index (χ2v) is 4.58. The van der Waals surface area contributed by atoms with Gasteiger partial charge in [-0.2, -0.15) is 0 Å². The number of amidine groups is 1. The number of oxime groups is 1. The number of hydrogen-bond acceptors (Lipinski definition) is 3. The van der Waals surface area contributed by atoms with Crippen LogP contribution in [0.4, 0.5) is 10.1 Å². The summed E-state index contributed by atoms with van der Waals surface area (Å²) in [6.07, 6.45) is 0. The minimum absolute atomic E-state index is 0.00978. The molecular weight excluding hydrogens is 297 g/mol. The highest BCUT2D eigenvalue weighted by molar-refractivity contribution is 6.30. The maximum atomic E-state index is 13.9. The lowest BCUT2D eigenvalue weighted by molar-refractivity contribution is 0.102. The van der Waals surface area contributed by atoms with Gasteiger partial charge in [0.05, 0.1) is 5.69 Å². The van der Waals surface area contributed by atoms with E-state index in [4.69, 9.17) is 22.5 Å². The molecule has 0 aromatic heterocycles. The number of nitrogens with two attached hydrogens (primary N) is 1. The van der Waals surface area contributed by atoms with Crippen LogP contribution >= 0.6 is 11.6 Å². The van der Waals surface area contributed by atoms with Crippen molar-refractivity contribution in [2.24, 2.45) is 10.9 Å². The zero-order valence-corrected chi connectivity index (χ0v) is 11.4. The van der Waals surface area contributed by atoms with E-state index in [0.29, 0.717) is 10.6 Å². The lowest BCUT2D eigenvalue weighted by Crippen LogP contribution is -2.15. The number of hydrogen-bond donors (Lipinski definition) is 3. The van der Waals surface area contributed by atoms with Crippen molar-refractivity contribution in [2.75, 3.05) is 5.32 Å². The van der Waals surface area contributed by atoms with E-state index in [-0.39, 0.29) is 17.1 Å². The van der Waals surface area contributed by atoms with E-state index in [1.807, 2.05) is 0 Å². The van der Waals surface area contributed by atoms with Crippen molar-refractivity contribution >= 4 is 29.0 Å². The van der Waals surface area contributed by atoms with Crippen molar-refractivity contribution in [3.05, 3.63) is 64.4 Å². The summed E-state index contributed by atoms with van der Waals surface area (Å²) < 4.78 is 13.9. The molecule has 0 unspecified atom stereocenters. The van der Waals surface area contributed by atoms with Crippen LogP contribution in [-0.4, -0.2) is 17.0 Å². The normalized spacial score (nSPS) is 11.2. The SMILES string of the molecule is N/C(=N/O)c1ccc(NC(=O)c2ccc(Cl)cc2)c(F)c1. The topological polar surface area (TPSA) is 87.7 Å². The number of amides is 1. The third-order valence-electron chi connectivity index (χ3n) is 2.73. The van der Waals surface area contributed by atoms with Crippen LogP contribution in [0.3, 0.4) is 0 Å². The second-order valence-electron chi connectivity index (χ2n) is 4.14. The summed E-state index contributed by atoms with van der Waals surface area (Å²) >= 11 is 5.73. The molecule has 0 fully saturated rings. The molecule has 7 heteroatoms. The molecule has 2 aromatic rings. The standard InChI is InChI=1S/C14H11ClFN3O2/c15-10-4-1-8(2-5-10)14(20)18-12-6-3-9(7-11(12)16)13(17)19-21/h1-7,21H,(H2,17,19)(H,18,20). The number of nitrogens with zero attached hydrogens (tertiary/aromatic N) is 1. The molecule has 5 nitrogen and oxygen atoms in total. The van der Waals surface area contributed by atoms with Crippen molar-refractivity contribution in [3.63, 3.8) is 0 Å². The fraction of sp³-hybridized carbons (Fsp3) is 0. The molecule has 0 saturated carbocycles. The number of carbonyl (C=O) groups excluding carboxylic acids is 1. The van der Waals surface area contributed by atoms with E-state index in [9.17, 15) is 9.18 Å². The average molecular weight is 308 g/mol. The number of carbonyl (C=O) groups is 1. The van der Waals surface area contributed by atoms with Gasteiger partial charge in [0.1, 0.15) is 5.82 Å². The summed E-state index contributed by atoms with van der Waals surface area (Å²) in [4.78, 5) is 11.9. The van der Waals surface area contributed by atoms with Crippen molar-refractivity contribution in [1.29, 1.82) is 0 Å². The van der Waals surface area contributed by atoms with Crippen molar-refractivity contribution in [3.8, 4) is 0 Å². The quantitative estimate of drug-likeness (QED) is 0.352. The van der Waals surface area contributed by atoms with Gasteiger partial charge in [0.15, 0.2) is 5.84 Å². The molecule has 0 atom stereocenters. The highest BCUT2D eigenvalue weighted by Crippen LogP contribution is 2.17. The zero-order valence-electron chi connectivity index (χ0n) is 10.7. The molecular formula is C14H11ClFN3O2. The minimum Gasteiger partial charge on any atom is -0.409 e. The third kappa shape index (κ3) is 3.49. The Kier molecular flexibility index (Phi) is 4.39. The molecule has 21 heavy (non-hydrogen) atoms. The molecule has 0 aliphatic heterocycles. The molecule has 0 heterocycles. The highest BCUT2D eigenvalue weighted by atomic mass is 35.5. The molecule has 0 saturated heterocycles. The van der Waals surface area contributed by atoms with Gasteiger partial charge < -0.3 is 16.3 Å². The van der Waals surface area contributed by atoms with Crippen molar-refractivity contribution < 1.29 is 14.4 Å². The molecule has 0 aliphatic carbocycles. The van der Waals surface area contributed by atoms with E-state index in [2.05, 4.69) is 10.5 Å². The van der Waals surface area contributed by atoms with Gasteiger partial charge in [-0.05, 0) is 42.5 Å². The van der Waals surface area contributed by atoms with Gasteiger partial charge in [0.25, 0.3) is 5.91 Å². The first-order valence-corrected chi connectivity index (χ1v) is 6.23. The summed E-state index contributed by atoms with van der Waals surface area (Å²) in [5.74, 6) is -1.38. The molecule has 0 spiro atoms. The predicted molar refractivity (Wildman–Crippen MR) is 78.3 cm³/mol. The Hall–Kier alpha value is -2.60. The summed E-state index contributed by atoms with van der Waals surface area (Å²) in [5, 5.41) is 14.2. The maximum Gasteiger partial charge on any atom is 0.255 e. The van der Waals surface area contributed by atoms with Gasteiger partial charge in [0, 0.05) is 16.1 Å². The van der Waals surface area contributed by atoms with Gasteiger partial charge >= 0.3 is 0 Å². The molecule has 2 aromatic carbocycles. The number of anilines is 1. The Bertz CT molecular complexity index is 702. The number of halogens is 2. The summed E-state index contributed by atoms with van der Waals surface area (Å²) in [5.41, 5.74) is 5.90. The molecule has 0 bridgehead atoms. The smallest absolute Gasteiger partial charge is 0.255 e. The first-order chi connectivity index (χ1) is 10.0. The van der Waals surface area contributed by atoms with Gasteiger partial charge in [-0.15, -0.1) is 0 Å². The van der Waals surface area contributed by atoms with Gasteiger partial charge in [-0.25, -0.2) is 4.39 Å². The Labute approximate surface area is 124 Å². The first-order valence-electron chi connectivity index (χ1n) is 5.85. The third-order valence-corrected chi connectivity index (χ3v) is 2.98. The Morgan fingerprint density at radius 3 is 2.38 bits per heavy atom. The van der Waals surface area contributed by atoms with Crippen LogP contribution in [0.15, 0.2) is 47.6 Å². The van der Waals surface area contributed by atoms with Gasteiger partial charge in [-0.3, -0.25) is 4.79 Å². The molecule has 108 valence electrons. The lowest BCUT2D eigenvalue weighted by Gasteiger charge is -2.08. The average Bonchev–Trinajstić information content (AvgIpc) is 2.49. The number of nitrogens with one attached hydrogen (secondary N) is 1. The van der Waals surface area contributed by atoms with Crippen molar-refractivity contribution in [2.45, 2.75) is 0 Å². The first kappa shape index (κ1) is 14.8. The Morgan fingerprint density at radius 2 is 1.81 bits per heavy atom. The number of benzene rings is 2. The molecule has 0 radical (unpaired) electrons. The molecule has 4 N–H and O–H groups in total. The highest BCUT2D eigenvalue weighted by Gasteiger charge is 2.11. The largest absolute Gasteiger partial charge is 0.409 e. The Balaban J connectivity index is 2.20. The van der Waals surface area contributed by atoms with Crippen LogP contribution < -0.4 is 11.1 Å². The molecule has 1 amide bonds. The fourth-order valence-electron chi connectivity index (χ4n) is 1.63. The van der Waals surface area contributed by atoms with E-state index in [1.54, 1.807) is 12.1 Å². The summed E-state index contributed by atoms with van der Waals surface area (Å²) in [7, 11) is 0. The molecule has 2 rings (SSSR count). The zero-order chi connectivity index (χ0) is 15.4. The van der Waals surface area contributed by atoms with Crippen LogP contribution in [0, 0.1) is 5.82 Å². The fourth-order valence-corrected chi connectivity index (χ4v) is 1.76. The van der Waals surface area contributed by atoms with Crippen LogP contribution in [0.1, 0.15) is 15.9 Å². The minimum atomic E-state index is -0.693. The van der Waals surface area contributed by atoms with Crippen molar-refractivity contribution in [1.82, 2.24) is 0 Å². The van der Waals surface area contributed by atoms with E-state index in [0.717, 1.165) is 6.07 Å². The second kappa shape index (κ2) is 6.23. The van der Waals surface area contributed by atoms with Gasteiger partial charge in [0.2, 0.25) is 0 Å². The van der Waals surface area contributed by atoms with Crippen LogP contribution in [0.25, 0.3) is 0 Å². The number of rotatable bonds is 3. The van der Waals surface area contributed by atoms with E-state index < -0.39 is 11.7 Å². The lowest BCUT2D eigenvalue weighted by atomic mass is 10.1. The summed E-state index contributed by atoms with van der Waals surface area (Å²) in [6.45, 7) is 0.